The lowest BCUT2D eigenvalue weighted by atomic mass is 10.2. The summed E-state index contributed by atoms with van der Waals surface area (Å²) in [5, 5.41) is 5.47. The Labute approximate surface area is 119 Å². The zero-order chi connectivity index (χ0) is 14.4. The van der Waals surface area contributed by atoms with Gasteiger partial charge in [0, 0.05) is 12.1 Å². The van der Waals surface area contributed by atoms with Gasteiger partial charge in [0.25, 0.3) is 0 Å². The van der Waals surface area contributed by atoms with Crippen molar-refractivity contribution >= 4 is 27.5 Å². The van der Waals surface area contributed by atoms with Gasteiger partial charge in [0.1, 0.15) is 11.6 Å². The Morgan fingerprint density at radius 1 is 1.26 bits per heavy atom. The van der Waals surface area contributed by atoms with Crippen LogP contribution in [0.2, 0.25) is 0 Å². The smallest absolute Gasteiger partial charge is 0.239 e. The Morgan fingerprint density at radius 3 is 2.47 bits per heavy atom. The van der Waals surface area contributed by atoms with Crippen LogP contribution in [0.25, 0.3) is 0 Å². The summed E-state index contributed by atoms with van der Waals surface area (Å²) in [7, 11) is 0. The van der Waals surface area contributed by atoms with E-state index in [0.29, 0.717) is 0 Å². The van der Waals surface area contributed by atoms with E-state index < -0.39 is 11.6 Å². The van der Waals surface area contributed by atoms with Crippen molar-refractivity contribution in [3.05, 3.63) is 28.2 Å². The molecule has 0 heterocycles. The van der Waals surface area contributed by atoms with E-state index in [2.05, 4.69) is 26.6 Å². The van der Waals surface area contributed by atoms with Gasteiger partial charge in [-0.2, -0.15) is 0 Å². The number of benzene rings is 1. The molecule has 1 aromatic carbocycles. The molecule has 0 spiro atoms. The fraction of sp³-hybridized carbons (Fsp3) is 0.462. The van der Waals surface area contributed by atoms with Gasteiger partial charge < -0.3 is 10.6 Å². The van der Waals surface area contributed by atoms with Crippen molar-refractivity contribution in [1.29, 1.82) is 0 Å². The van der Waals surface area contributed by atoms with E-state index in [9.17, 15) is 13.6 Å². The Morgan fingerprint density at radius 2 is 1.89 bits per heavy atom. The summed E-state index contributed by atoms with van der Waals surface area (Å²) >= 11 is 2.97. The summed E-state index contributed by atoms with van der Waals surface area (Å²) in [6.45, 7) is 3.92. The van der Waals surface area contributed by atoms with Gasteiger partial charge in [-0.25, -0.2) is 8.78 Å². The van der Waals surface area contributed by atoms with Crippen molar-refractivity contribution in [1.82, 2.24) is 5.32 Å². The summed E-state index contributed by atoms with van der Waals surface area (Å²) < 4.78 is 26.6. The SMILES string of the molecule is CCC(CC)NC(=O)CNc1cc(Br)c(F)cc1F. The monoisotopic (exact) mass is 334 g/mol. The van der Waals surface area contributed by atoms with Gasteiger partial charge in [0.2, 0.25) is 5.91 Å². The maximum atomic E-state index is 13.4. The first-order valence-electron chi connectivity index (χ1n) is 6.15. The van der Waals surface area contributed by atoms with Gasteiger partial charge in [0.05, 0.1) is 16.7 Å². The standard InChI is InChI=1S/C13H17BrF2N2O/c1-3-8(4-2)18-13(19)7-17-12-5-9(14)10(15)6-11(12)16/h5-6,8,17H,3-4,7H2,1-2H3,(H,18,19). The minimum absolute atomic E-state index is 0.0501. The molecular formula is C13H17BrF2N2O. The van der Waals surface area contributed by atoms with Crippen LogP contribution in [0.5, 0.6) is 0 Å². The maximum Gasteiger partial charge on any atom is 0.239 e. The highest BCUT2D eigenvalue weighted by Gasteiger charge is 2.11. The van der Waals surface area contributed by atoms with Crippen LogP contribution < -0.4 is 10.6 Å². The highest BCUT2D eigenvalue weighted by molar-refractivity contribution is 9.10. The Bertz CT molecular complexity index is 451. The fourth-order valence-corrected chi connectivity index (χ4v) is 1.95. The summed E-state index contributed by atoms with van der Waals surface area (Å²) in [5.74, 6) is -1.62. The maximum absolute atomic E-state index is 13.4. The zero-order valence-electron chi connectivity index (χ0n) is 10.9. The number of anilines is 1. The lowest BCUT2D eigenvalue weighted by Gasteiger charge is -2.15. The second kappa shape index (κ2) is 7.43. The molecule has 0 radical (unpaired) electrons. The summed E-state index contributed by atoms with van der Waals surface area (Å²) in [6, 6.07) is 2.17. The molecule has 1 amide bonds. The number of amides is 1. The third kappa shape index (κ3) is 4.78. The predicted molar refractivity (Wildman–Crippen MR) is 75.1 cm³/mol. The first kappa shape index (κ1) is 15.9. The third-order valence-electron chi connectivity index (χ3n) is 2.80. The van der Waals surface area contributed by atoms with E-state index in [1.54, 1.807) is 0 Å². The average Bonchev–Trinajstić information content (AvgIpc) is 2.38. The molecule has 0 aliphatic rings. The topological polar surface area (TPSA) is 41.1 Å². The van der Waals surface area contributed by atoms with Crippen LogP contribution in [-0.2, 0) is 4.79 Å². The third-order valence-corrected chi connectivity index (χ3v) is 3.41. The second-order valence-corrected chi connectivity index (χ2v) is 5.03. The summed E-state index contributed by atoms with van der Waals surface area (Å²) in [5.41, 5.74) is 0.0907. The van der Waals surface area contributed by atoms with Crippen molar-refractivity contribution < 1.29 is 13.6 Å². The van der Waals surface area contributed by atoms with Crippen LogP contribution in [0.1, 0.15) is 26.7 Å². The molecule has 0 unspecified atom stereocenters. The van der Waals surface area contributed by atoms with E-state index in [0.717, 1.165) is 18.9 Å². The van der Waals surface area contributed by atoms with Crippen LogP contribution in [0.15, 0.2) is 16.6 Å². The molecule has 0 aromatic heterocycles. The largest absolute Gasteiger partial charge is 0.374 e. The number of carbonyl (C=O) groups excluding carboxylic acids is 1. The highest BCUT2D eigenvalue weighted by atomic mass is 79.9. The average molecular weight is 335 g/mol. The number of carbonyl (C=O) groups is 1. The fourth-order valence-electron chi connectivity index (χ4n) is 1.61. The minimum atomic E-state index is -0.726. The normalized spacial score (nSPS) is 10.6. The van der Waals surface area contributed by atoms with Crippen molar-refractivity contribution in [3.8, 4) is 0 Å². The molecule has 0 aliphatic heterocycles. The van der Waals surface area contributed by atoms with E-state index in [4.69, 9.17) is 0 Å². The van der Waals surface area contributed by atoms with Gasteiger partial charge >= 0.3 is 0 Å². The van der Waals surface area contributed by atoms with E-state index in [1.807, 2.05) is 13.8 Å². The molecule has 0 bridgehead atoms. The lowest BCUT2D eigenvalue weighted by molar-refractivity contribution is -0.120. The molecular weight excluding hydrogens is 318 g/mol. The number of hydrogen-bond acceptors (Lipinski definition) is 2. The molecule has 3 nitrogen and oxygen atoms in total. The molecule has 0 saturated heterocycles. The van der Waals surface area contributed by atoms with Crippen molar-refractivity contribution in [2.75, 3.05) is 11.9 Å². The lowest BCUT2D eigenvalue weighted by Crippen LogP contribution is -2.37. The van der Waals surface area contributed by atoms with Crippen molar-refractivity contribution in [2.24, 2.45) is 0 Å². The highest BCUT2D eigenvalue weighted by Crippen LogP contribution is 2.23. The number of hydrogen-bond donors (Lipinski definition) is 2. The molecule has 6 heteroatoms. The molecule has 2 N–H and O–H groups in total. The van der Waals surface area contributed by atoms with Crippen LogP contribution >= 0.6 is 15.9 Å². The minimum Gasteiger partial charge on any atom is -0.374 e. The van der Waals surface area contributed by atoms with Gasteiger partial charge in [-0.1, -0.05) is 13.8 Å². The van der Waals surface area contributed by atoms with Crippen LogP contribution in [0, 0.1) is 11.6 Å². The van der Waals surface area contributed by atoms with Gasteiger partial charge in [0.15, 0.2) is 0 Å². The zero-order valence-corrected chi connectivity index (χ0v) is 12.5. The molecule has 19 heavy (non-hydrogen) atoms. The Balaban J connectivity index is 2.57. The summed E-state index contributed by atoms with van der Waals surface area (Å²) in [4.78, 5) is 11.6. The van der Waals surface area contributed by atoms with Crippen molar-refractivity contribution in [3.63, 3.8) is 0 Å². The Kier molecular flexibility index (Phi) is 6.21. The van der Waals surface area contributed by atoms with E-state index in [1.165, 1.54) is 6.07 Å². The van der Waals surface area contributed by atoms with Crippen LogP contribution in [-0.4, -0.2) is 18.5 Å². The Hall–Kier alpha value is -1.17. The van der Waals surface area contributed by atoms with Crippen LogP contribution in [0.4, 0.5) is 14.5 Å². The number of halogens is 3. The second-order valence-electron chi connectivity index (χ2n) is 4.18. The molecule has 0 aliphatic carbocycles. The molecule has 0 atom stereocenters. The molecule has 0 saturated carbocycles. The predicted octanol–water partition coefficient (Wildman–Crippen LogP) is 3.44. The van der Waals surface area contributed by atoms with Crippen LogP contribution in [0.3, 0.4) is 0 Å². The van der Waals surface area contributed by atoms with Crippen molar-refractivity contribution in [2.45, 2.75) is 32.7 Å². The number of nitrogens with one attached hydrogen (secondary N) is 2. The first-order valence-corrected chi connectivity index (χ1v) is 6.95. The first-order chi connectivity index (χ1) is 8.97. The molecule has 106 valence electrons. The quantitative estimate of drug-likeness (QED) is 0.782. The van der Waals surface area contributed by atoms with Gasteiger partial charge in [-0.3, -0.25) is 4.79 Å². The molecule has 0 fully saturated rings. The summed E-state index contributed by atoms with van der Waals surface area (Å²) in [6.07, 6.45) is 1.69. The van der Waals surface area contributed by atoms with Gasteiger partial charge in [-0.15, -0.1) is 0 Å². The van der Waals surface area contributed by atoms with E-state index >= 15 is 0 Å². The van der Waals surface area contributed by atoms with Gasteiger partial charge in [-0.05, 0) is 34.8 Å². The molecule has 1 aromatic rings. The molecule has 1 rings (SSSR count). The number of rotatable bonds is 6. The van der Waals surface area contributed by atoms with E-state index in [-0.39, 0.29) is 28.7 Å².